The van der Waals surface area contributed by atoms with Gasteiger partial charge in [-0.2, -0.15) is 0 Å². The van der Waals surface area contributed by atoms with Crippen LogP contribution in [0.3, 0.4) is 0 Å². The van der Waals surface area contributed by atoms with Crippen LogP contribution in [0.1, 0.15) is 23.6 Å². The smallest absolute Gasteiger partial charge is 0.161 e. The second-order valence-corrected chi connectivity index (χ2v) is 7.24. The van der Waals surface area contributed by atoms with Crippen LogP contribution in [0.4, 0.5) is 0 Å². The summed E-state index contributed by atoms with van der Waals surface area (Å²) >= 11 is 0. The predicted molar refractivity (Wildman–Crippen MR) is 113 cm³/mol. The van der Waals surface area contributed by atoms with E-state index in [9.17, 15) is 0 Å². The molecule has 0 atom stereocenters. The van der Waals surface area contributed by atoms with E-state index in [0.717, 1.165) is 52.4 Å². The average molecular weight is 497 g/mol. The fraction of sp³-hybridized carbons (Fsp3) is 0.391. The first kappa shape index (κ1) is 24.3. The highest BCUT2D eigenvalue weighted by Gasteiger charge is 2.15. The molecule has 0 saturated carbocycles. The first-order valence-corrected chi connectivity index (χ1v) is 9.31. The van der Waals surface area contributed by atoms with Gasteiger partial charge in [0.25, 0.3) is 0 Å². The molecule has 0 amide bonds. The van der Waals surface area contributed by atoms with Crippen molar-refractivity contribution < 1.29 is 42.7 Å². The Morgan fingerprint density at radius 3 is 2.00 bits per heavy atom. The van der Waals surface area contributed by atoms with Crippen LogP contribution in [-0.4, -0.2) is 53.0 Å². The zero-order chi connectivity index (χ0) is 19.9. The molecule has 154 valence electrons. The molecule has 0 radical (unpaired) electrons. The number of halogens is 1. The summed E-state index contributed by atoms with van der Waals surface area (Å²) in [7, 11) is 9.55. The van der Waals surface area contributed by atoms with E-state index in [4.69, 9.17) is 14.2 Å². The van der Waals surface area contributed by atoms with E-state index in [-0.39, 0.29) is 24.0 Å². The highest BCUT2D eigenvalue weighted by atomic mass is 127. The van der Waals surface area contributed by atoms with Crippen LogP contribution in [0, 0.1) is 0 Å². The molecular formula is C23H32INO3. The van der Waals surface area contributed by atoms with E-state index in [1.54, 1.807) is 21.3 Å². The fourth-order valence-corrected chi connectivity index (χ4v) is 2.79. The third kappa shape index (κ3) is 6.71. The second kappa shape index (κ2) is 11.3. The summed E-state index contributed by atoms with van der Waals surface area (Å²) in [4.78, 5) is 0. The number of likely N-dealkylation sites (N-methyl/N-ethyl adjacent to an activating group) is 1. The molecule has 28 heavy (non-hydrogen) atoms. The van der Waals surface area contributed by atoms with Crippen molar-refractivity contribution in [2.45, 2.75) is 13.3 Å². The lowest BCUT2D eigenvalue weighted by Gasteiger charge is -2.28. The molecule has 2 aromatic carbocycles. The maximum atomic E-state index is 5.51. The van der Waals surface area contributed by atoms with Gasteiger partial charge in [0.05, 0.1) is 48.5 Å². The highest BCUT2D eigenvalue weighted by molar-refractivity contribution is 5.73. The lowest BCUT2D eigenvalue weighted by Crippen LogP contribution is -3.00. The molecule has 0 aliphatic heterocycles. The maximum Gasteiger partial charge on any atom is 0.161 e. The van der Waals surface area contributed by atoms with Crippen molar-refractivity contribution in [1.82, 2.24) is 0 Å². The van der Waals surface area contributed by atoms with Gasteiger partial charge in [-0.15, -0.1) is 0 Å². The molecule has 0 heterocycles. The lowest BCUT2D eigenvalue weighted by molar-refractivity contribution is -0.888. The van der Waals surface area contributed by atoms with Crippen molar-refractivity contribution in [3.8, 4) is 17.2 Å². The fourth-order valence-electron chi connectivity index (χ4n) is 2.79. The molecule has 0 bridgehead atoms. The Morgan fingerprint density at radius 2 is 1.46 bits per heavy atom. The van der Waals surface area contributed by atoms with Gasteiger partial charge in [0.15, 0.2) is 11.5 Å². The van der Waals surface area contributed by atoms with Crippen LogP contribution in [-0.2, 0) is 6.42 Å². The molecule has 0 aliphatic carbocycles. The molecule has 0 spiro atoms. The van der Waals surface area contributed by atoms with Crippen molar-refractivity contribution in [1.29, 1.82) is 0 Å². The number of quaternary nitrogens is 1. The molecule has 0 unspecified atom stereocenters. The van der Waals surface area contributed by atoms with Crippen LogP contribution < -0.4 is 38.2 Å². The standard InChI is InChI=1S/C23H32NO3.HI/c1-7-24(2,3)15-14-20-17-23(27-6)22(26-5)16-19(20)11-8-18-9-12-21(25-4)13-10-18;/h8-13,16-17H,7,14-15H2,1-6H3;1H/q+1;/p-1/b11-8+;. The first-order chi connectivity index (χ1) is 12.9. The van der Waals surface area contributed by atoms with Crippen LogP contribution in [0.2, 0.25) is 0 Å². The lowest BCUT2D eigenvalue weighted by atomic mass is 10.0. The SMILES string of the molecule is CC[N+](C)(C)CCc1cc(OC)c(OC)cc1/C=C/c1ccc(OC)cc1.[I-]. The van der Waals surface area contributed by atoms with Crippen molar-refractivity contribution in [3.63, 3.8) is 0 Å². The zero-order valence-electron chi connectivity index (χ0n) is 17.8. The van der Waals surface area contributed by atoms with Gasteiger partial charge in [0.2, 0.25) is 0 Å². The van der Waals surface area contributed by atoms with Gasteiger partial charge < -0.3 is 42.7 Å². The predicted octanol–water partition coefficient (Wildman–Crippen LogP) is 1.53. The summed E-state index contributed by atoms with van der Waals surface area (Å²) in [6.07, 6.45) is 5.23. The summed E-state index contributed by atoms with van der Waals surface area (Å²) in [6.45, 7) is 4.39. The average Bonchev–Trinajstić information content (AvgIpc) is 2.70. The number of benzene rings is 2. The second-order valence-electron chi connectivity index (χ2n) is 7.24. The summed E-state index contributed by atoms with van der Waals surface area (Å²) in [6, 6.07) is 12.2. The molecule has 0 fully saturated rings. The number of ether oxygens (including phenoxy) is 3. The number of nitrogens with zero attached hydrogens (tertiary/aromatic N) is 1. The largest absolute Gasteiger partial charge is 1.00 e. The first-order valence-electron chi connectivity index (χ1n) is 9.31. The molecular weight excluding hydrogens is 465 g/mol. The molecule has 2 aromatic rings. The normalized spacial score (nSPS) is 11.2. The summed E-state index contributed by atoms with van der Waals surface area (Å²) in [5, 5.41) is 0. The molecule has 5 heteroatoms. The third-order valence-electron chi connectivity index (χ3n) is 5.06. The van der Waals surface area contributed by atoms with Crippen molar-refractivity contribution in [3.05, 3.63) is 53.1 Å². The van der Waals surface area contributed by atoms with Crippen LogP contribution in [0.25, 0.3) is 12.2 Å². The van der Waals surface area contributed by atoms with Crippen LogP contribution in [0.5, 0.6) is 17.2 Å². The van der Waals surface area contributed by atoms with Gasteiger partial charge in [-0.25, -0.2) is 0 Å². The molecule has 0 saturated heterocycles. The van der Waals surface area contributed by atoms with Gasteiger partial charge in [0.1, 0.15) is 5.75 Å². The Bertz CT molecular complexity index is 770. The Labute approximate surface area is 186 Å². The Kier molecular flexibility index (Phi) is 9.82. The monoisotopic (exact) mass is 497 g/mol. The quantitative estimate of drug-likeness (QED) is 0.299. The Morgan fingerprint density at radius 1 is 0.857 bits per heavy atom. The summed E-state index contributed by atoms with van der Waals surface area (Å²) in [5.74, 6) is 2.38. The van der Waals surface area contributed by atoms with E-state index in [1.807, 2.05) is 24.3 Å². The van der Waals surface area contributed by atoms with E-state index in [0.29, 0.717) is 0 Å². The van der Waals surface area contributed by atoms with E-state index in [2.05, 4.69) is 45.3 Å². The number of hydrogen-bond acceptors (Lipinski definition) is 3. The summed E-state index contributed by atoms with van der Waals surface area (Å²) < 4.78 is 17.2. The van der Waals surface area contributed by atoms with E-state index < -0.39 is 0 Å². The van der Waals surface area contributed by atoms with Gasteiger partial charge in [-0.3, -0.25) is 0 Å². The number of hydrogen-bond donors (Lipinski definition) is 0. The molecule has 0 aromatic heterocycles. The maximum absolute atomic E-state index is 5.51. The van der Waals surface area contributed by atoms with Crippen LogP contribution >= 0.6 is 0 Å². The van der Waals surface area contributed by atoms with Gasteiger partial charge >= 0.3 is 0 Å². The summed E-state index contributed by atoms with van der Waals surface area (Å²) in [5.41, 5.74) is 3.54. The Balaban J connectivity index is 0.00000392. The van der Waals surface area contributed by atoms with Gasteiger partial charge in [0, 0.05) is 6.42 Å². The minimum atomic E-state index is 0. The molecule has 0 N–H and O–H groups in total. The van der Waals surface area contributed by atoms with Gasteiger partial charge in [-0.05, 0) is 47.9 Å². The van der Waals surface area contributed by atoms with Crippen molar-refractivity contribution >= 4 is 12.2 Å². The number of methoxy groups -OCH3 is 3. The highest BCUT2D eigenvalue weighted by Crippen LogP contribution is 2.32. The van der Waals surface area contributed by atoms with Crippen molar-refractivity contribution in [2.75, 3.05) is 48.5 Å². The Hall–Kier alpha value is -1.73. The molecule has 0 aliphatic rings. The van der Waals surface area contributed by atoms with E-state index in [1.165, 1.54) is 5.56 Å². The zero-order valence-corrected chi connectivity index (χ0v) is 19.9. The molecule has 4 nitrogen and oxygen atoms in total. The minimum Gasteiger partial charge on any atom is -1.00 e. The van der Waals surface area contributed by atoms with Gasteiger partial charge in [-0.1, -0.05) is 24.3 Å². The van der Waals surface area contributed by atoms with E-state index >= 15 is 0 Å². The minimum absolute atomic E-state index is 0. The number of rotatable bonds is 9. The van der Waals surface area contributed by atoms with Crippen LogP contribution in [0.15, 0.2) is 36.4 Å². The molecule has 2 rings (SSSR count). The van der Waals surface area contributed by atoms with Crippen molar-refractivity contribution in [2.24, 2.45) is 0 Å². The third-order valence-corrected chi connectivity index (χ3v) is 5.06. The topological polar surface area (TPSA) is 27.7 Å².